The lowest BCUT2D eigenvalue weighted by molar-refractivity contribution is -0.122. The Labute approximate surface area is 73.7 Å². The third kappa shape index (κ3) is 1.53. The van der Waals surface area contributed by atoms with Crippen LogP contribution in [-0.4, -0.2) is 17.9 Å². The predicted molar refractivity (Wildman–Crippen MR) is 48.1 cm³/mol. The van der Waals surface area contributed by atoms with E-state index in [1.54, 1.807) is 0 Å². The van der Waals surface area contributed by atoms with Crippen molar-refractivity contribution in [1.82, 2.24) is 5.32 Å². The summed E-state index contributed by atoms with van der Waals surface area (Å²) in [7, 11) is 0. The Hall–Kier alpha value is -0.370. The Bertz CT molecular complexity index is 177. The Morgan fingerprint density at radius 1 is 1.17 bits per heavy atom. The van der Waals surface area contributed by atoms with E-state index in [4.69, 9.17) is 0 Å². The van der Waals surface area contributed by atoms with Gasteiger partial charge in [0.1, 0.15) is 5.78 Å². The van der Waals surface area contributed by atoms with E-state index in [1.165, 1.54) is 25.7 Å². The number of piperidine rings is 1. The van der Waals surface area contributed by atoms with E-state index in [0.717, 1.165) is 25.8 Å². The van der Waals surface area contributed by atoms with Gasteiger partial charge in [0.15, 0.2) is 0 Å². The van der Waals surface area contributed by atoms with Gasteiger partial charge >= 0.3 is 0 Å². The van der Waals surface area contributed by atoms with Crippen molar-refractivity contribution in [2.75, 3.05) is 6.54 Å². The summed E-state index contributed by atoms with van der Waals surface area (Å²) in [5.74, 6) is 0.468. The molecule has 1 heterocycles. The van der Waals surface area contributed by atoms with Crippen LogP contribution in [0.2, 0.25) is 0 Å². The van der Waals surface area contributed by atoms with Crippen LogP contribution in [-0.2, 0) is 4.79 Å². The molecule has 0 aromatic carbocycles. The maximum atomic E-state index is 11.3. The van der Waals surface area contributed by atoms with Gasteiger partial charge in [-0.15, -0.1) is 0 Å². The second kappa shape index (κ2) is 3.17. The van der Waals surface area contributed by atoms with E-state index in [9.17, 15) is 4.79 Å². The van der Waals surface area contributed by atoms with Crippen LogP contribution in [0.3, 0.4) is 0 Å². The Balaban J connectivity index is 2.02. The smallest absolute Gasteiger partial charge is 0.134 e. The summed E-state index contributed by atoms with van der Waals surface area (Å²) in [6, 6.07) is 0. The highest BCUT2D eigenvalue weighted by Crippen LogP contribution is 2.32. The summed E-state index contributed by atoms with van der Waals surface area (Å²) in [5, 5.41) is 3.54. The molecule has 1 aliphatic carbocycles. The molecule has 0 radical (unpaired) electrons. The Morgan fingerprint density at radius 3 is 2.67 bits per heavy atom. The molecule has 2 nitrogen and oxygen atoms in total. The lowest BCUT2D eigenvalue weighted by Crippen LogP contribution is -2.51. The molecule has 1 aliphatic heterocycles. The van der Waals surface area contributed by atoms with Crippen molar-refractivity contribution in [3.05, 3.63) is 0 Å². The molecule has 68 valence electrons. The predicted octanol–water partition coefficient (Wildman–Crippen LogP) is 1.64. The number of hydrogen-bond acceptors (Lipinski definition) is 2. The van der Waals surface area contributed by atoms with Gasteiger partial charge in [0, 0.05) is 18.4 Å². The van der Waals surface area contributed by atoms with Crippen LogP contribution in [0.25, 0.3) is 0 Å². The van der Waals surface area contributed by atoms with E-state index < -0.39 is 0 Å². The highest BCUT2D eigenvalue weighted by molar-refractivity contribution is 5.80. The van der Waals surface area contributed by atoms with Gasteiger partial charge < -0.3 is 5.32 Å². The average molecular weight is 167 g/mol. The molecule has 12 heavy (non-hydrogen) atoms. The first-order valence-corrected chi connectivity index (χ1v) is 5.08. The van der Waals surface area contributed by atoms with Gasteiger partial charge in [-0.05, 0) is 32.2 Å². The van der Waals surface area contributed by atoms with Crippen LogP contribution >= 0.6 is 0 Å². The molecule has 0 aromatic rings. The fraction of sp³-hybridized carbons (Fsp3) is 0.900. The molecular weight excluding hydrogens is 150 g/mol. The molecule has 2 heteroatoms. The first-order chi connectivity index (χ1) is 5.81. The van der Waals surface area contributed by atoms with Gasteiger partial charge in [0.25, 0.3) is 0 Å². The van der Waals surface area contributed by atoms with E-state index in [1.807, 2.05) is 0 Å². The Kier molecular flexibility index (Phi) is 2.18. The molecule has 2 aliphatic rings. The van der Waals surface area contributed by atoms with Crippen LogP contribution < -0.4 is 5.32 Å². The summed E-state index contributed by atoms with van der Waals surface area (Å²) in [4.78, 5) is 11.3. The molecule has 1 atom stereocenters. The zero-order valence-corrected chi connectivity index (χ0v) is 7.57. The van der Waals surface area contributed by atoms with Gasteiger partial charge in [-0.25, -0.2) is 0 Å². The van der Waals surface area contributed by atoms with Crippen molar-refractivity contribution in [3.8, 4) is 0 Å². The first-order valence-electron chi connectivity index (χ1n) is 5.08. The second-order valence-electron chi connectivity index (χ2n) is 4.23. The number of rotatable bonds is 0. The van der Waals surface area contributed by atoms with E-state index >= 15 is 0 Å². The lowest BCUT2D eigenvalue weighted by atomic mass is 9.76. The molecule has 2 fully saturated rings. The van der Waals surface area contributed by atoms with Crippen molar-refractivity contribution < 1.29 is 4.79 Å². The minimum absolute atomic E-state index is 0.230. The molecule has 0 aromatic heterocycles. The molecule has 1 saturated heterocycles. The highest BCUT2D eigenvalue weighted by atomic mass is 16.1. The zero-order valence-electron chi connectivity index (χ0n) is 7.57. The molecule has 0 amide bonds. The molecule has 1 saturated carbocycles. The summed E-state index contributed by atoms with van der Waals surface area (Å²) >= 11 is 0. The van der Waals surface area contributed by atoms with Crippen molar-refractivity contribution in [2.24, 2.45) is 0 Å². The second-order valence-corrected chi connectivity index (χ2v) is 4.23. The number of carbonyl (C=O) groups excluding carboxylic acids is 1. The van der Waals surface area contributed by atoms with Crippen molar-refractivity contribution in [2.45, 2.75) is 50.5 Å². The van der Waals surface area contributed by atoms with Crippen LogP contribution in [0, 0.1) is 0 Å². The molecule has 1 spiro atoms. The molecule has 0 bridgehead atoms. The normalized spacial score (nSPS) is 37.2. The van der Waals surface area contributed by atoms with Crippen LogP contribution in [0.1, 0.15) is 44.9 Å². The SMILES string of the molecule is O=C1CCCC2(CCCCN2)C1. The highest BCUT2D eigenvalue weighted by Gasteiger charge is 2.35. The fourth-order valence-corrected chi connectivity index (χ4v) is 2.57. The van der Waals surface area contributed by atoms with Gasteiger partial charge in [-0.3, -0.25) is 4.79 Å². The molecular formula is C10H17NO. The topological polar surface area (TPSA) is 29.1 Å². The monoisotopic (exact) mass is 167 g/mol. The summed E-state index contributed by atoms with van der Waals surface area (Å²) < 4.78 is 0. The summed E-state index contributed by atoms with van der Waals surface area (Å²) in [6.45, 7) is 1.12. The molecule has 2 rings (SSSR count). The zero-order chi connectivity index (χ0) is 8.44. The van der Waals surface area contributed by atoms with Crippen molar-refractivity contribution in [1.29, 1.82) is 0 Å². The maximum Gasteiger partial charge on any atom is 0.134 e. The summed E-state index contributed by atoms with van der Waals surface area (Å²) in [6.07, 6.45) is 7.76. The van der Waals surface area contributed by atoms with Crippen LogP contribution in [0.5, 0.6) is 0 Å². The number of Topliss-reactive ketones (excluding diaryl/α,β-unsaturated/α-hetero) is 1. The number of ketones is 1. The maximum absolute atomic E-state index is 11.3. The number of hydrogen-bond donors (Lipinski definition) is 1. The quantitative estimate of drug-likeness (QED) is 0.594. The van der Waals surface area contributed by atoms with Crippen molar-refractivity contribution in [3.63, 3.8) is 0 Å². The first kappa shape index (κ1) is 8.24. The summed E-state index contributed by atoms with van der Waals surface area (Å²) in [5.41, 5.74) is 0.230. The molecule has 1 N–H and O–H groups in total. The largest absolute Gasteiger partial charge is 0.311 e. The van der Waals surface area contributed by atoms with Gasteiger partial charge in [0.05, 0.1) is 0 Å². The minimum Gasteiger partial charge on any atom is -0.311 e. The van der Waals surface area contributed by atoms with Crippen LogP contribution in [0.4, 0.5) is 0 Å². The van der Waals surface area contributed by atoms with E-state index in [2.05, 4.69) is 5.32 Å². The van der Waals surface area contributed by atoms with Crippen LogP contribution in [0.15, 0.2) is 0 Å². The number of carbonyl (C=O) groups is 1. The standard InChI is InChI=1S/C10H17NO/c12-9-4-3-6-10(8-9)5-1-2-7-11-10/h11H,1-8H2. The third-order valence-corrected chi connectivity index (χ3v) is 3.23. The lowest BCUT2D eigenvalue weighted by Gasteiger charge is -2.40. The number of nitrogens with one attached hydrogen (secondary N) is 1. The minimum atomic E-state index is 0.230. The van der Waals surface area contributed by atoms with Gasteiger partial charge in [-0.2, -0.15) is 0 Å². The van der Waals surface area contributed by atoms with E-state index in [-0.39, 0.29) is 5.54 Å². The van der Waals surface area contributed by atoms with Gasteiger partial charge in [-0.1, -0.05) is 6.42 Å². The Morgan fingerprint density at radius 2 is 2.00 bits per heavy atom. The van der Waals surface area contributed by atoms with E-state index in [0.29, 0.717) is 5.78 Å². The fourth-order valence-electron chi connectivity index (χ4n) is 2.57. The average Bonchev–Trinajstić information content (AvgIpc) is 2.05. The van der Waals surface area contributed by atoms with Gasteiger partial charge in [0.2, 0.25) is 0 Å². The third-order valence-electron chi connectivity index (χ3n) is 3.23. The van der Waals surface area contributed by atoms with Crippen molar-refractivity contribution >= 4 is 5.78 Å². The molecule has 1 unspecified atom stereocenters.